The molecular formula is C17H17Cl2N5O. The molecule has 1 atom stereocenters. The fraction of sp³-hybridized carbons (Fsp3) is 0.176. The molecule has 0 saturated heterocycles. The SMILES string of the molecule is NCCNC(C(=O)Nc1ccc2[nH]ncc2c1)c1ccc(Cl)c(Cl)c1. The average Bonchev–Trinajstić information content (AvgIpc) is 3.06. The molecule has 0 fully saturated rings. The van der Waals surface area contributed by atoms with Crippen LogP contribution in [0.2, 0.25) is 10.0 Å². The fourth-order valence-corrected chi connectivity index (χ4v) is 2.82. The number of amides is 1. The Morgan fingerprint density at radius 3 is 2.80 bits per heavy atom. The van der Waals surface area contributed by atoms with Crippen LogP contribution in [0, 0.1) is 0 Å². The molecule has 0 bridgehead atoms. The van der Waals surface area contributed by atoms with Crippen molar-refractivity contribution in [1.82, 2.24) is 15.5 Å². The number of carbonyl (C=O) groups excluding carboxylic acids is 1. The number of benzene rings is 2. The zero-order chi connectivity index (χ0) is 17.8. The molecule has 0 spiro atoms. The maximum atomic E-state index is 12.8. The van der Waals surface area contributed by atoms with Gasteiger partial charge < -0.3 is 16.4 Å². The lowest BCUT2D eigenvalue weighted by Crippen LogP contribution is -2.35. The van der Waals surface area contributed by atoms with E-state index in [0.29, 0.717) is 34.4 Å². The molecule has 1 unspecified atom stereocenters. The molecule has 5 N–H and O–H groups in total. The van der Waals surface area contributed by atoms with Crippen molar-refractivity contribution in [2.75, 3.05) is 18.4 Å². The van der Waals surface area contributed by atoms with Gasteiger partial charge in [0.25, 0.3) is 0 Å². The van der Waals surface area contributed by atoms with Gasteiger partial charge in [0.1, 0.15) is 6.04 Å². The summed E-state index contributed by atoms with van der Waals surface area (Å²) in [5.41, 5.74) is 7.86. The summed E-state index contributed by atoms with van der Waals surface area (Å²) in [4.78, 5) is 12.8. The number of aromatic amines is 1. The first-order valence-corrected chi connectivity index (χ1v) is 8.46. The summed E-state index contributed by atoms with van der Waals surface area (Å²) in [6.07, 6.45) is 1.70. The number of fused-ring (bicyclic) bond motifs is 1. The highest BCUT2D eigenvalue weighted by atomic mass is 35.5. The maximum absolute atomic E-state index is 12.8. The Morgan fingerprint density at radius 2 is 2.04 bits per heavy atom. The number of hydrogen-bond acceptors (Lipinski definition) is 4. The van der Waals surface area contributed by atoms with Gasteiger partial charge in [-0.05, 0) is 35.9 Å². The third kappa shape index (κ3) is 4.11. The first-order chi connectivity index (χ1) is 12.1. The molecule has 6 nitrogen and oxygen atoms in total. The lowest BCUT2D eigenvalue weighted by Gasteiger charge is -2.19. The second kappa shape index (κ2) is 7.84. The molecule has 1 amide bonds. The van der Waals surface area contributed by atoms with Crippen LogP contribution >= 0.6 is 23.2 Å². The van der Waals surface area contributed by atoms with Crippen LogP contribution in [-0.4, -0.2) is 29.2 Å². The molecule has 0 radical (unpaired) electrons. The van der Waals surface area contributed by atoms with Crippen LogP contribution in [0.4, 0.5) is 5.69 Å². The summed E-state index contributed by atoms with van der Waals surface area (Å²) in [5.74, 6) is -0.213. The quantitative estimate of drug-likeness (QED) is 0.530. The third-order valence-corrected chi connectivity index (χ3v) is 4.48. The van der Waals surface area contributed by atoms with Gasteiger partial charge in [0, 0.05) is 24.2 Å². The van der Waals surface area contributed by atoms with Crippen molar-refractivity contribution in [3.8, 4) is 0 Å². The molecule has 25 heavy (non-hydrogen) atoms. The minimum absolute atomic E-state index is 0.213. The normalized spacial score (nSPS) is 12.3. The number of H-pyrrole nitrogens is 1. The van der Waals surface area contributed by atoms with E-state index in [1.165, 1.54) is 0 Å². The van der Waals surface area contributed by atoms with Gasteiger partial charge in [0.05, 0.1) is 21.8 Å². The average molecular weight is 378 g/mol. The standard InChI is InChI=1S/C17H17Cl2N5O/c18-13-3-1-10(8-14(13)19)16(21-6-5-20)17(25)23-12-2-4-15-11(7-12)9-22-24-15/h1-4,7-9,16,21H,5-6,20H2,(H,22,24)(H,23,25). The lowest BCUT2D eigenvalue weighted by atomic mass is 10.1. The monoisotopic (exact) mass is 377 g/mol. The number of anilines is 1. The number of nitrogens with two attached hydrogens (primary N) is 1. The van der Waals surface area contributed by atoms with Gasteiger partial charge in [-0.3, -0.25) is 9.89 Å². The number of nitrogens with zero attached hydrogens (tertiary/aromatic N) is 1. The lowest BCUT2D eigenvalue weighted by molar-refractivity contribution is -0.118. The van der Waals surface area contributed by atoms with Crippen molar-refractivity contribution in [1.29, 1.82) is 0 Å². The van der Waals surface area contributed by atoms with E-state index >= 15 is 0 Å². The molecule has 8 heteroatoms. The van der Waals surface area contributed by atoms with Crippen molar-refractivity contribution in [3.05, 3.63) is 58.2 Å². The fourth-order valence-electron chi connectivity index (χ4n) is 2.52. The highest BCUT2D eigenvalue weighted by Gasteiger charge is 2.21. The second-order valence-electron chi connectivity index (χ2n) is 5.51. The molecule has 0 aliphatic carbocycles. The number of aromatic nitrogens is 2. The zero-order valence-electron chi connectivity index (χ0n) is 13.2. The Labute approximate surface area is 154 Å². The maximum Gasteiger partial charge on any atom is 0.246 e. The Bertz CT molecular complexity index is 896. The van der Waals surface area contributed by atoms with E-state index in [9.17, 15) is 4.79 Å². The highest BCUT2D eigenvalue weighted by Crippen LogP contribution is 2.26. The van der Waals surface area contributed by atoms with Crippen LogP contribution in [0.1, 0.15) is 11.6 Å². The van der Waals surface area contributed by atoms with Gasteiger partial charge >= 0.3 is 0 Å². The van der Waals surface area contributed by atoms with E-state index in [-0.39, 0.29) is 5.91 Å². The number of hydrogen-bond donors (Lipinski definition) is 4. The minimum atomic E-state index is -0.599. The van der Waals surface area contributed by atoms with E-state index in [1.54, 1.807) is 24.4 Å². The molecule has 2 aromatic carbocycles. The van der Waals surface area contributed by atoms with E-state index in [0.717, 1.165) is 10.9 Å². The van der Waals surface area contributed by atoms with Gasteiger partial charge in [0.15, 0.2) is 0 Å². The number of carbonyl (C=O) groups is 1. The molecular weight excluding hydrogens is 361 g/mol. The van der Waals surface area contributed by atoms with E-state index < -0.39 is 6.04 Å². The zero-order valence-corrected chi connectivity index (χ0v) is 14.7. The van der Waals surface area contributed by atoms with E-state index in [4.69, 9.17) is 28.9 Å². The van der Waals surface area contributed by atoms with Crippen LogP contribution in [0.3, 0.4) is 0 Å². The van der Waals surface area contributed by atoms with E-state index in [1.807, 2.05) is 18.2 Å². The van der Waals surface area contributed by atoms with Crippen molar-refractivity contribution < 1.29 is 4.79 Å². The molecule has 130 valence electrons. The summed E-state index contributed by atoms with van der Waals surface area (Å²) in [5, 5.41) is 14.6. The summed E-state index contributed by atoms with van der Waals surface area (Å²) in [6.45, 7) is 0.894. The Kier molecular flexibility index (Phi) is 5.55. The molecule has 0 saturated carbocycles. The van der Waals surface area contributed by atoms with Gasteiger partial charge in [0.2, 0.25) is 5.91 Å². The number of nitrogens with one attached hydrogen (secondary N) is 3. The second-order valence-corrected chi connectivity index (χ2v) is 6.33. The predicted octanol–water partition coefficient (Wildman–Crippen LogP) is 3.10. The summed E-state index contributed by atoms with van der Waals surface area (Å²) >= 11 is 12.0. The van der Waals surface area contributed by atoms with Crippen molar-refractivity contribution >= 4 is 45.7 Å². The Morgan fingerprint density at radius 1 is 1.20 bits per heavy atom. The molecule has 3 aromatic rings. The van der Waals surface area contributed by atoms with Gasteiger partial charge in [-0.25, -0.2) is 0 Å². The topological polar surface area (TPSA) is 95.8 Å². The van der Waals surface area contributed by atoms with Crippen LogP contribution in [0.25, 0.3) is 10.9 Å². The predicted molar refractivity (Wildman–Crippen MR) is 101 cm³/mol. The smallest absolute Gasteiger partial charge is 0.246 e. The van der Waals surface area contributed by atoms with Gasteiger partial charge in [-0.15, -0.1) is 0 Å². The molecule has 1 heterocycles. The Balaban J connectivity index is 1.83. The van der Waals surface area contributed by atoms with Gasteiger partial charge in [-0.1, -0.05) is 29.3 Å². The van der Waals surface area contributed by atoms with Crippen molar-refractivity contribution in [3.63, 3.8) is 0 Å². The van der Waals surface area contributed by atoms with E-state index in [2.05, 4.69) is 20.8 Å². The summed E-state index contributed by atoms with van der Waals surface area (Å²) in [6, 6.07) is 10.0. The number of halogens is 2. The summed E-state index contributed by atoms with van der Waals surface area (Å²) < 4.78 is 0. The molecule has 0 aliphatic rings. The molecule has 3 rings (SSSR count). The van der Waals surface area contributed by atoms with Crippen LogP contribution in [-0.2, 0) is 4.79 Å². The largest absolute Gasteiger partial charge is 0.329 e. The first kappa shape index (κ1) is 17.7. The third-order valence-electron chi connectivity index (χ3n) is 3.74. The summed E-state index contributed by atoms with van der Waals surface area (Å²) in [7, 11) is 0. The molecule has 0 aliphatic heterocycles. The van der Waals surface area contributed by atoms with Gasteiger partial charge in [-0.2, -0.15) is 5.10 Å². The van der Waals surface area contributed by atoms with Crippen LogP contribution in [0.15, 0.2) is 42.6 Å². The van der Waals surface area contributed by atoms with Crippen LogP contribution < -0.4 is 16.4 Å². The number of rotatable bonds is 6. The van der Waals surface area contributed by atoms with Crippen LogP contribution in [0.5, 0.6) is 0 Å². The molecule has 1 aromatic heterocycles. The minimum Gasteiger partial charge on any atom is -0.329 e. The highest BCUT2D eigenvalue weighted by molar-refractivity contribution is 6.42. The Hall–Kier alpha value is -2.12. The van der Waals surface area contributed by atoms with Crippen molar-refractivity contribution in [2.24, 2.45) is 5.73 Å². The van der Waals surface area contributed by atoms with Crippen molar-refractivity contribution in [2.45, 2.75) is 6.04 Å². The first-order valence-electron chi connectivity index (χ1n) is 7.71.